The summed E-state index contributed by atoms with van der Waals surface area (Å²) in [4.78, 5) is 11.5. The van der Waals surface area contributed by atoms with Gasteiger partial charge in [-0.25, -0.2) is 9.97 Å². The monoisotopic (exact) mass is 295 g/mol. The van der Waals surface area contributed by atoms with E-state index in [0.717, 1.165) is 41.9 Å². The minimum absolute atomic E-state index is 0.607. The first-order chi connectivity index (χ1) is 9.19. The molecule has 1 unspecified atom stereocenters. The molecule has 2 aromatic heterocycles. The van der Waals surface area contributed by atoms with Crippen LogP contribution in [0.25, 0.3) is 10.2 Å². The van der Waals surface area contributed by atoms with E-state index in [1.165, 1.54) is 16.9 Å². The zero-order chi connectivity index (χ0) is 13.4. The van der Waals surface area contributed by atoms with E-state index in [-0.39, 0.29) is 0 Å². The summed E-state index contributed by atoms with van der Waals surface area (Å²) in [7, 11) is 0. The molecule has 3 rings (SSSR count). The summed E-state index contributed by atoms with van der Waals surface area (Å²) < 4.78 is 0. The van der Waals surface area contributed by atoms with Crippen LogP contribution in [-0.2, 0) is 12.8 Å². The summed E-state index contributed by atoms with van der Waals surface area (Å²) in [6, 6.07) is 0. The van der Waals surface area contributed by atoms with Crippen molar-refractivity contribution in [2.45, 2.75) is 39.5 Å². The molecule has 1 atom stereocenters. The molecule has 2 heterocycles. The van der Waals surface area contributed by atoms with Crippen LogP contribution in [0.15, 0.2) is 0 Å². The molecule has 0 aromatic carbocycles. The van der Waals surface area contributed by atoms with Crippen LogP contribution in [0, 0.1) is 5.92 Å². The van der Waals surface area contributed by atoms with Crippen molar-refractivity contribution in [3.63, 3.8) is 0 Å². The number of aromatic nitrogens is 2. The van der Waals surface area contributed by atoms with E-state index in [9.17, 15) is 0 Å². The van der Waals surface area contributed by atoms with Crippen LogP contribution in [0.2, 0.25) is 5.15 Å². The maximum Gasteiger partial charge on any atom is 0.225 e. The van der Waals surface area contributed by atoms with Crippen molar-refractivity contribution in [2.24, 2.45) is 5.92 Å². The van der Waals surface area contributed by atoms with E-state index in [1.807, 2.05) is 0 Å². The molecule has 0 saturated carbocycles. The van der Waals surface area contributed by atoms with E-state index >= 15 is 0 Å². The highest BCUT2D eigenvalue weighted by Crippen LogP contribution is 2.40. The average Bonchev–Trinajstić information content (AvgIpc) is 2.73. The third-order valence-corrected chi connectivity index (χ3v) is 5.07. The first-order valence-electron chi connectivity index (χ1n) is 6.90. The van der Waals surface area contributed by atoms with E-state index in [1.54, 1.807) is 11.3 Å². The summed E-state index contributed by atoms with van der Waals surface area (Å²) in [5.41, 5.74) is 1.39. The van der Waals surface area contributed by atoms with Crippen molar-refractivity contribution >= 4 is 39.1 Å². The summed E-state index contributed by atoms with van der Waals surface area (Å²) in [6.07, 6.45) is 4.56. The zero-order valence-electron chi connectivity index (χ0n) is 11.3. The van der Waals surface area contributed by atoms with Gasteiger partial charge < -0.3 is 5.32 Å². The molecule has 0 bridgehead atoms. The number of nitrogens with zero attached hydrogens (tertiary/aromatic N) is 2. The number of nitrogens with one attached hydrogen (secondary N) is 1. The van der Waals surface area contributed by atoms with Crippen LogP contribution in [0.1, 0.15) is 37.1 Å². The van der Waals surface area contributed by atoms with Crippen LogP contribution >= 0.6 is 22.9 Å². The Hall–Kier alpha value is -0.870. The van der Waals surface area contributed by atoms with Gasteiger partial charge in [-0.05, 0) is 37.2 Å². The second kappa shape index (κ2) is 5.25. The van der Waals surface area contributed by atoms with E-state index in [2.05, 4.69) is 29.1 Å². The van der Waals surface area contributed by atoms with Crippen LogP contribution in [0.5, 0.6) is 0 Å². The van der Waals surface area contributed by atoms with Gasteiger partial charge in [0.2, 0.25) is 5.95 Å². The number of hydrogen-bond acceptors (Lipinski definition) is 4. The predicted molar refractivity (Wildman–Crippen MR) is 82.4 cm³/mol. The molecule has 3 nitrogen and oxygen atoms in total. The minimum atomic E-state index is 0.607. The maximum atomic E-state index is 6.37. The number of aryl methyl sites for hydroxylation is 1. The highest BCUT2D eigenvalue weighted by molar-refractivity contribution is 7.19. The third-order valence-electron chi connectivity index (χ3n) is 3.64. The van der Waals surface area contributed by atoms with E-state index < -0.39 is 0 Å². The largest absolute Gasteiger partial charge is 0.354 e. The molecule has 0 spiro atoms. The van der Waals surface area contributed by atoms with E-state index in [0.29, 0.717) is 11.1 Å². The van der Waals surface area contributed by atoms with Gasteiger partial charge in [0.05, 0.1) is 5.39 Å². The fourth-order valence-corrected chi connectivity index (χ4v) is 4.34. The lowest BCUT2D eigenvalue weighted by molar-refractivity contribution is 0.509. The Morgan fingerprint density at radius 1 is 1.42 bits per heavy atom. The van der Waals surface area contributed by atoms with Gasteiger partial charge in [-0.15, -0.1) is 11.3 Å². The summed E-state index contributed by atoms with van der Waals surface area (Å²) in [6.45, 7) is 5.32. The molecule has 0 fully saturated rings. The highest BCUT2D eigenvalue weighted by Gasteiger charge is 2.23. The van der Waals surface area contributed by atoms with Gasteiger partial charge >= 0.3 is 0 Å². The van der Waals surface area contributed by atoms with Crippen molar-refractivity contribution in [3.05, 3.63) is 15.6 Å². The summed E-state index contributed by atoms with van der Waals surface area (Å²) >= 11 is 8.16. The lowest BCUT2D eigenvalue weighted by Gasteiger charge is -2.17. The number of thiophene rings is 1. The number of rotatable bonds is 3. The molecule has 19 heavy (non-hydrogen) atoms. The minimum Gasteiger partial charge on any atom is -0.354 e. The smallest absolute Gasteiger partial charge is 0.225 e. The number of halogens is 1. The SMILES string of the molecule is CCCNc1nc(Cl)c2c3c(sc2n1)CC(C)CC3. The first-order valence-corrected chi connectivity index (χ1v) is 8.10. The Morgan fingerprint density at radius 3 is 3.05 bits per heavy atom. The lowest BCUT2D eigenvalue weighted by atomic mass is 9.89. The summed E-state index contributed by atoms with van der Waals surface area (Å²) in [5.74, 6) is 1.43. The van der Waals surface area contributed by atoms with Crippen molar-refractivity contribution in [3.8, 4) is 0 Å². The van der Waals surface area contributed by atoms with Gasteiger partial charge in [0, 0.05) is 11.4 Å². The molecule has 102 valence electrons. The van der Waals surface area contributed by atoms with Crippen LogP contribution in [0.4, 0.5) is 5.95 Å². The Balaban J connectivity index is 2.06. The van der Waals surface area contributed by atoms with Gasteiger partial charge in [-0.2, -0.15) is 0 Å². The molecule has 1 N–H and O–H groups in total. The zero-order valence-corrected chi connectivity index (χ0v) is 12.9. The third kappa shape index (κ3) is 2.43. The maximum absolute atomic E-state index is 6.37. The van der Waals surface area contributed by atoms with Gasteiger partial charge in [0.1, 0.15) is 9.98 Å². The summed E-state index contributed by atoms with van der Waals surface area (Å²) in [5, 5.41) is 4.92. The highest BCUT2D eigenvalue weighted by atomic mass is 35.5. The molecular formula is C14H18ClN3S. The van der Waals surface area contributed by atoms with Crippen LogP contribution < -0.4 is 5.32 Å². The first kappa shape index (κ1) is 13.1. The Morgan fingerprint density at radius 2 is 2.26 bits per heavy atom. The Labute approximate surface area is 122 Å². The molecule has 0 saturated heterocycles. The fourth-order valence-electron chi connectivity index (χ4n) is 2.61. The molecule has 1 aliphatic carbocycles. The lowest BCUT2D eigenvalue weighted by Crippen LogP contribution is -2.08. The Bertz CT molecular complexity index is 608. The Kier molecular flexibility index (Phi) is 3.63. The van der Waals surface area contributed by atoms with Crippen molar-refractivity contribution in [2.75, 3.05) is 11.9 Å². The molecule has 0 aliphatic heterocycles. The van der Waals surface area contributed by atoms with Crippen molar-refractivity contribution < 1.29 is 0 Å². The quantitative estimate of drug-likeness (QED) is 0.858. The second-order valence-corrected chi connectivity index (χ2v) is 6.74. The molecule has 5 heteroatoms. The van der Waals surface area contributed by atoms with Gasteiger partial charge in [0.25, 0.3) is 0 Å². The molecule has 1 aliphatic rings. The molecule has 2 aromatic rings. The van der Waals surface area contributed by atoms with Crippen molar-refractivity contribution in [1.29, 1.82) is 0 Å². The predicted octanol–water partition coefficient (Wildman–Crippen LogP) is 4.29. The van der Waals surface area contributed by atoms with Gasteiger partial charge in [-0.1, -0.05) is 25.4 Å². The van der Waals surface area contributed by atoms with Crippen LogP contribution in [0.3, 0.4) is 0 Å². The second-order valence-electron chi connectivity index (χ2n) is 5.30. The molecule has 0 amide bonds. The topological polar surface area (TPSA) is 37.8 Å². The van der Waals surface area contributed by atoms with Crippen LogP contribution in [-0.4, -0.2) is 16.5 Å². The average molecular weight is 296 g/mol. The molecular weight excluding hydrogens is 278 g/mol. The number of hydrogen-bond donors (Lipinski definition) is 1. The normalized spacial score (nSPS) is 18.6. The molecule has 0 radical (unpaired) electrons. The van der Waals surface area contributed by atoms with Crippen molar-refractivity contribution in [1.82, 2.24) is 9.97 Å². The van der Waals surface area contributed by atoms with Gasteiger partial charge in [0.15, 0.2) is 0 Å². The van der Waals surface area contributed by atoms with Gasteiger partial charge in [-0.3, -0.25) is 0 Å². The number of fused-ring (bicyclic) bond motifs is 3. The van der Waals surface area contributed by atoms with E-state index in [4.69, 9.17) is 11.6 Å². The fraction of sp³-hybridized carbons (Fsp3) is 0.571. The standard InChI is InChI=1S/C14H18ClN3S/c1-3-6-16-14-17-12(15)11-9-5-4-8(2)7-10(9)19-13(11)18-14/h8H,3-7H2,1-2H3,(H,16,17,18). The number of anilines is 1.